The van der Waals surface area contributed by atoms with Crippen molar-refractivity contribution < 1.29 is 9.18 Å². The second-order valence-corrected chi connectivity index (χ2v) is 7.18. The number of hydrogen-bond donors (Lipinski definition) is 1. The third kappa shape index (κ3) is 4.06. The van der Waals surface area contributed by atoms with Crippen molar-refractivity contribution in [1.29, 1.82) is 0 Å². The van der Waals surface area contributed by atoms with E-state index in [4.69, 9.17) is 11.6 Å². The van der Waals surface area contributed by atoms with E-state index < -0.39 is 11.7 Å². The molecule has 6 heteroatoms. The van der Waals surface area contributed by atoms with Crippen LogP contribution in [0, 0.1) is 12.7 Å². The molecule has 0 bridgehead atoms. The summed E-state index contributed by atoms with van der Waals surface area (Å²) in [6, 6.07) is 14.4. The van der Waals surface area contributed by atoms with Crippen molar-refractivity contribution in [2.75, 3.05) is 6.54 Å². The van der Waals surface area contributed by atoms with Crippen LogP contribution in [0.25, 0.3) is 11.3 Å². The molecule has 0 unspecified atom stereocenters. The molecule has 1 amide bonds. The van der Waals surface area contributed by atoms with Crippen LogP contribution in [-0.2, 0) is 6.42 Å². The van der Waals surface area contributed by atoms with Gasteiger partial charge >= 0.3 is 0 Å². The Morgan fingerprint density at radius 2 is 1.96 bits per heavy atom. The minimum atomic E-state index is -0.696. The molecule has 0 atom stereocenters. The zero-order valence-electron chi connectivity index (χ0n) is 13.6. The van der Waals surface area contributed by atoms with Crippen molar-refractivity contribution in [3.05, 3.63) is 74.8 Å². The van der Waals surface area contributed by atoms with E-state index in [0.29, 0.717) is 13.0 Å². The number of amides is 1. The highest BCUT2D eigenvalue weighted by Crippen LogP contribution is 2.27. The summed E-state index contributed by atoms with van der Waals surface area (Å²) in [7, 11) is 0. The summed E-state index contributed by atoms with van der Waals surface area (Å²) in [5.74, 6) is -1.17. The van der Waals surface area contributed by atoms with E-state index >= 15 is 0 Å². The van der Waals surface area contributed by atoms with Crippen LogP contribution in [-0.4, -0.2) is 17.4 Å². The number of thiazole rings is 1. The highest BCUT2D eigenvalue weighted by Gasteiger charge is 2.14. The minimum absolute atomic E-state index is 0.0483. The van der Waals surface area contributed by atoms with Gasteiger partial charge in [-0.2, -0.15) is 0 Å². The maximum atomic E-state index is 13.8. The molecule has 3 nitrogen and oxygen atoms in total. The second-order valence-electron chi connectivity index (χ2n) is 5.49. The summed E-state index contributed by atoms with van der Waals surface area (Å²) in [4.78, 5) is 17.9. The lowest BCUT2D eigenvalue weighted by Gasteiger charge is -2.05. The number of carbonyl (C=O) groups is 1. The van der Waals surface area contributed by atoms with Crippen LogP contribution in [0.2, 0.25) is 5.02 Å². The highest BCUT2D eigenvalue weighted by atomic mass is 35.5. The molecule has 0 aliphatic rings. The standard InChI is InChI=1S/C19H16ClFN2OS/c1-12-18(13-6-3-2-4-7-13)23-16(25-12)10-11-22-19(24)14-8-5-9-15(20)17(14)21/h2-9H,10-11H2,1H3,(H,22,24). The number of nitrogens with zero attached hydrogens (tertiary/aromatic N) is 1. The Kier molecular flexibility index (Phi) is 5.46. The van der Waals surface area contributed by atoms with E-state index in [-0.39, 0.29) is 10.6 Å². The van der Waals surface area contributed by atoms with Gasteiger partial charge in [-0.25, -0.2) is 9.37 Å². The monoisotopic (exact) mass is 374 g/mol. The lowest BCUT2D eigenvalue weighted by atomic mass is 10.1. The Morgan fingerprint density at radius 1 is 1.20 bits per heavy atom. The van der Waals surface area contributed by atoms with Gasteiger partial charge < -0.3 is 5.32 Å². The molecule has 2 aromatic carbocycles. The Bertz CT molecular complexity index is 896. The topological polar surface area (TPSA) is 42.0 Å². The van der Waals surface area contributed by atoms with Crippen LogP contribution in [0.4, 0.5) is 4.39 Å². The maximum Gasteiger partial charge on any atom is 0.254 e. The van der Waals surface area contributed by atoms with Crippen LogP contribution >= 0.6 is 22.9 Å². The smallest absolute Gasteiger partial charge is 0.254 e. The number of benzene rings is 2. The molecule has 0 saturated carbocycles. The van der Waals surface area contributed by atoms with Gasteiger partial charge in [-0.15, -0.1) is 11.3 Å². The van der Waals surface area contributed by atoms with E-state index in [1.165, 1.54) is 12.1 Å². The molecule has 3 aromatic rings. The van der Waals surface area contributed by atoms with Crippen molar-refractivity contribution in [3.63, 3.8) is 0 Å². The number of nitrogens with one attached hydrogen (secondary N) is 1. The zero-order chi connectivity index (χ0) is 17.8. The predicted molar refractivity (Wildman–Crippen MR) is 99.7 cm³/mol. The van der Waals surface area contributed by atoms with E-state index in [2.05, 4.69) is 10.3 Å². The average Bonchev–Trinajstić information content (AvgIpc) is 2.98. The quantitative estimate of drug-likeness (QED) is 0.691. The molecule has 0 fully saturated rings. The second kappa shape index (κ2) is 7.76. The zero-order valence-corrected chi connectivity index (χ0v) is 15.1. The molecule has 128 valence electrons. The minimum Gasteiger partial charge on any atom is -0.352 e. The SMILES string of the molecule is Cc1sc(CCNC(=O)c2cccc(Cl)c2F)nc1-c1ccccc1. The van der Waals surface area contributed by atoms with Crippen LogP contribution in [0.5, 0.6) is 0 Å². The van der Waals surface area contributed by atoms with Gasteiger partial charge in [0.25, 0.3) is 5.91 Å². The summed E-state index contributed by atoms with van der Waals surface area (Å²) < 4.78 is 13.8. The molecular weight excluding hydrogens is 359 g/mol. The highest BCUT2D eigenvalue weighted by molar-refractivity contribution is 7.12. The summed E-state index contributed by atoms with van der Waals surface area (Å²) in [5, 5.41) is 3.59. The fourth-order valence-corrected chi connectivity index (χ4v) is 3.61. The maximum absolute atomic E-state index is 13.8. The van der Waals surface area contributed by atoms with Gasteiger partial charge in [-0.1, -0.05) is 48.0 Å². The van der Waals surface area contributed by atoms with Crippen molar-refractivity contribution in [2.45, 2.75) is 13.3 Å². The third-order valence-corrected chi connectivity index (χ3v) is 5.03. The Balaban J connectivity index is 1.63. The average molecular weight is 375 g/mol. The molecular formula is C19H16ClFN2OS. The van der Waals surface area contributed by atoms with Crippen LogP contribution in [0.15, 0.2) is 48.5 Å². The number of carbonyl (C=O) groups excluding carboxylic acids is 1. The molecule has 25 heavy (non-hydrogen) atoms. The van der Waals surface area contributed by atoms with Crippen molar-refractivity contribution >= 4 is 28.8 Å². The van der Waals surface area contributed by atoms with E-state index in [0.717, 1.165) is 21.1 Å². The normalized spacial score (nSPS) is 10.7. The van der Waals surface area contributed by atoms with Crippen LogP contribution < -0.4 is 5.32 Å². The summed E-state index contributed by atoms with van der Waals surface area (Å²) >= 11 is 7.31. The number of aromatic nitrogens is 1. The predicted octanol–water partition coefficient (Wildman–Crippen LogP) is 4.88. The van der Waals surface area contributed by atoms with Gasteiger partial charge in [0.1, 0.15) is 0 Å². The first-order valence-electron chi connectivity index (χ1n) is 7.80. The lowest BCUT2D eigenvalue weighted by molar-refractivity contribution is 0.0950. The molecule has 0 aliphatic carbocycles. The molecule has 0 spiro atoms. The lowest BCUT2D eigenvalue weighted by Crippen LogP contribution is -2.26. The first kappa shape index (κ1) is 17.6. The number of rotatable bonds is 5. The first-order valence-corrected chi connectivity index (χ1v) is 8.99. The van der Waals surface area contributed by atoms with E-state index in [9.17, 15) is 9.18 Å². The Hall–Kier alpha value is -2.24. The van der Waals surface area contributed by atoms with E-state index in [1.807, 2.05) is 37.3 Å². The van der Waals surface area contributed by atoms with Gasteiger partial charge in [0.2, 0.25) is 0 Å². The molecule has 0 aliphatic heterocycles. The molecule has 0 radical (unpaired) electrons. The molecule has 1 heterocycles. The Labute approximate surface area is 154 Å². The fraction of sp³-hybridized carbons (Fsp3) is 0.158. The van der Waals surface area contributed by atoms with Crippen molar-refractivity contribution in [3.8, 4) is 11.3 Å². The van der Waals surface area contributed by atoms with Gasteiger partial charge in [0, 0.05) is 23.4 Å². The summed E-state index contributed by atoms with van der Waals surface area (Å²) in [5.41, 5.74) is 1.99. The first-order chi connectivity index (χ1) is 12.1. The van der Waals surface area contributed by atoms with Crippen molar-refractivity contribution in [2.24, 2.45) is 0 Å². The van der Waals surface area contributed by atoms with Gasteiger partial charge in [0.05, 0.1) is 21.3 Å². The van der Waals surface area contributed by atoms with Crippen LogP contribution in [0.1, 0.15) is 20.2 Å². The van der Waals surface area contributed by atoms with E-state index in [1.54, 1.807) is 17.4 Å². The third-order valence-electron chi connectivity index (χ3n) is 3.71. The largest absolute Gasteiger partial charge is 0.352 e. The molecule has 1 aromatic heterocycles. The molecule has 0 saturated heterocycles. The fourth-order valence-electron chi connectivity index (χ4n) is 2.48. The van der Waals surface area contributed by atoms with Gasteiger partial charge in [-0.05, 0) is 19.1 Å². The van der Waals surface area contributed by atoms with Gasteiger partial charge in [-0.3, -0.25) is 4.79 Å². The number of aryl methyl sites for hydroxylation is 1. The van der Waals surface area contributed by atoms with Crippen molar-refractivity contribution in [1.82, 2.24) is 10.3 Å². The summed E-state index contributed by atoms with van der Waals surface area (Å²) in [6.45, 7) is 2.41. The van der Waals surface area contributed by atoms with Gasteiger partial charge in [0.15, 0.2) is 5.82 Å². The summed E-state index contributed by atoms with van der Waals surface area (Å²) in [6.07, 6.45) is 0.590. The van der Waals surface area contributed by atoms with Crippen LogP contribution in [0.3, 0.4) is 0 Å². The number of halogens is 2. The molecule has 3 rings (SSSR count). The Morgan fingerprint density at radius 3 is 2.72 bits per heavy atom. The molecule has 1 N–H and O–H groups in total. The number of hydrogen-bond acceptors (Lipinski definition) is 3.